The number of hydrogen-bond acceptors (Lipinski definition) is 2. The molecular weight excluding hydrogens is 328 g/mol. The summed E-state index contributed by atoms with van der Waals surface area (Å²) in [5, 5.41) is 0. The van der Waals surface area contributed by atoms with Crippen molar-refractivity contribution in [1.82, 2.24) is 9.88 Å². The molecule has 0 aliphatic heterocycles. The predicted octanol–water partition coefficient (Wildman–Crippen LogP) is 4.12. The topological polar surface area (TPSA) is 33.2 Å². The maximum Gasteiger partial charge on any atom is 0.254 e. The van der Waals surface area contributed by atoms with E-state index in [4.69, 9.17) is 0 Å². The van der Waals surface area contributed by atoms with Crippen molar-refractivity contribution in [2.45, 2.75) is 27.3 Å². The minimum atomic E-state index is 0.0326. The molecule has 0 spiro atoms. The Morgan fingerprint density at radius 3 is 2.62 bits per heavy atom. The van der Waals surface area contributed by atoms with Gasteiger partial charge in [0, 0.05) is 22.3 Å². The van der Waals surface area contributed by atoms with Crippen molar-refractivity contribution in [1.29, 1.82) is 0 Å². The van der Waals surface area contributed by atoms with Crippen LogP contribution in [0.3, 0.4) is 0 Å². The lowest BCUT2D eigenvalue weighted by Gasteiger charge is -2.21. The molecule has 2 aromatic rings. The maximum absolute atomic E-state index is 12.6. The van der Waals surface area contributed by atoms with Gasteiger partial charge in [-0.05, 0) is 56.7 Å². The average Bonchev–Trinajstić information content (AvgIpc) is 2.43. The van der Waals surface area contributed by atoms with E-state index in [9.17, 15) is 4.79 Å². The number of amides is 1. The van der Waals surface area contributed by atoms with Gasteiger partial charge in [-0.15, -0.1) is 0 Å². The second-order valence-corrected chi connectivity index (χ2v) is 6.02. The van der Waals surface area contributed by atoms with E-state index >= 15 is 0 Å². The largest absolute Gasteiger partial charge is 0.333 e. The Morgan fingerprint density at radius 1 is 1.24 bits per heavy atom. The second kappa shape index (κ2) is 6.85. The van der Waals surface area contributed by atoms with E-state index in [2.05, 4.69) is 20.9 Å². The van der Waals surface area contributed by atoms with Crippen LogP contribution in [0.2, 0.25) is 0 Å². The molecular formula is C17H19BrN2O. The number of carbonyl (C=O) groups is 1. The van der Waals surface area contributed by atoms with E-state index in [1.54, 1.807) is 0 Å². The van der Waals surface area contributed by atoms with Gasteiger partial charge in [0.2, 0.25) is 0 Å². The molecule has 1 aromatic carbocycles. The molecule has 0 saturated carbocycles. The fourth-order valence-electron chi connectivity index (χ4n) is 2.25. The van der Waals surface area contributed by atoms with E-state index in [0.29, 0.717) is 18.7 Å². The Balaban J connectivity index is 2.22. The van der Waals surface area contributed by atoms with E-state index in [0.717, 1.165) is 21.4 Å². The molecule has 3 nitrogen and oxygen atoms in total. The third kappa shape index (κ3) is 4.14. The van der Waals surface area contributed by atoms with Crippen LogP contribution in [0.1, 0.15) is 34.2 Å². The van der Waals surface area contributed by atoms with Gasteiger partial charge in [-0.1, -0.05) is 22.0 Å². The summed E-state index contributed by atoms with van der Waals surface area (Å²) >= 11 is 3.45. The standard InChI is InChI=1S/C17H19BrN2O/c1-4-20(11-16-7-5-6-13(3)19-16)17(21)14-8-12(2)9-15(18)10-14/h5-10H,4,11H2,1-3H3. The first kappa shape index (κ1) is 15.7. The Labute approximate surface area is 134 Å². The first-order valence-corrected chi connectivity index (χ1v) is 7.78. The minimum absolute atomic E-state index is 0.0326. The summed E-state index contributed by atoms with van der Waals surface area (Å²) in [7, 11) is 0. The number of halogens is 1. The SMILES string of the molecule is CCN(Cc1cccc(C)n1)C(=O)c1cc(C)cc(Br)c1. The van der Waals surface area contributed by atoms with Crippen LogP contribution in [0.15, 0.2) is 40.9 Å². The monoisotopic (exact) mass is 346 g/mol. The van der Waals surface area contributed by atoms with Crippen LogP contribution in [0.25, 0.3) is 0 Å². The zero-order chi connectivity index (χ0) is 15.4. The molecule has 4 heteroatoms. The quantitative estimate of drug-likeness (QED) is 0.833. The summed E-state index contributed by atoms with van der Waals surface area (Å²) in [5.74, 6) is 0.0326. The zero-order valence-corrected chi connectivity index (χ0v) is 14.1. The number of carbonyl (C=O) groups excluding carboxylic acids is 1. The van der Waals surface area contributed by atoms with Gasteiger partial charge in [0.1, 0.15) is 0 Å². The summed E-state index contributed by atoms with van der Waals surface area (Å²) in [5.41, 5.74) is 3.65. The summed E-state index contributed by atoms with van der Waals surface area (Å²) in [6, 6.07) is 11.7. The smallest absolute Gasteiger partial charge is 0.254 e. The Hall–Kier alpha value is -1.68. The number of hydrogen-bond donors (Lipinski definition) is 0. The molecule has 1 heterocycles. The second-order valence-electron chi connectivity index (χ2n) is 5.11. The van der Waals surface area contributed by atoms with Crippen LogP contribution >= 0.6 is 15.9 Å². The van der Waals surface area contributed by atoms with E-state index in [1.807, 2.05) is 62.1 Å². The lowest BCUT2D eigenvalue weighted by atomic mass is 10.1. The minimum Gasteiger partial charge on any atom is -0.333 e. The first-order chi connectivity index (χ1) is 9.99. The van der Waals surface area contributed by atoms with Crippen LogP contribution < -0.4 is 0 Å². The van der Waals surface area contributed by atoms with Crippen molar-refractivity contribution in [3.63, 3.8) is 0 Å². The van der Waals surface area contributed by atoms with Gasteiger partial charge >= 0.3 is 0 Å². The summed E-state index contributed by atoms with van der Waals surface area (Å²) in [4.78, 5) is 18.9. The van der Waals surface area contributed by atoms with Crippen LogP contribution in [0, 0.1) is 13.8 Å². The van der Waals surface area contributed by atoms with Crippen molar-refractivity contribution in [3.8, 4) is 0 Å². The van der Waals surface area contributed by atoms with Gasteiger partial charge in [-0.2, -0.15) is 0 Å². The number of rotatable bonds is 4. The predicted molar refractivity (Wildman–Crippen MR) is 88.3 cm³/mol. The fourth-order valence-corrected chi connectivity index (χ4v) is 2.86. The molecule has 2 rings (SSSR count). The van der Waals surface area contributed by atoms with Gasteiger partial charge < -0.3 is 4.90 Å². The molecule has 1 amide bonds. The highest BCUT2D eigenvalue weighted by Gasteiger charge is 2.16. The highest BCUT2D eigenvalue weighted by Crippen LogP contribution is 2.17. The van der Waals surface area contributed by atoms with Crippen LogP contribution in [-0.4, -0.2) is 22.3 Å². The molecule has 0 aliphatic carbocycles. The number of aromatic nitrogens is 1. The van der Waals surface area contributed by atoms with Crippen LogP contribution in [0.5, 0.6) is 0 Å². The highest BCUT2D eigenvalue weighted by molar-refractivity contribution is 9.10. The van der Waals surface area contributed by atoms with Gasteiger partial charge in [0.05, 0.1) is 12.2 Å². The van der Waals surface area contributed by atoms with Crippen molar-refractivity contribution in [2.24, 2.45) is 0 Å². The number of pyridine rings is 1. The molecule has 0 bridgehead atoms. The van der Waals surface area contributed by atoms with Crippen molar-refractivity contribution in [3.05, 3.63) is 63.4 Å². The summed E-state index contributed by atoms with van der Waals surface area (Å²) in [6.07, 6.45) is 0. The molecule has 0 atom stereocenters. The van der Waals surface area contributed by atoms with E-state index in [-0.39, 0.29) is 5.91 Å². The van der Waals surface area contributed by atoms with Crippen molar-refractivity contribution < 1.29 is 4.79 Å². The number of nitrogens with zero attached hydrogens (tertiary/aromatic N) is 2. The maximum atomic E-state index is 12.6. The Morgan fingerprint density at radius 2 is 2.00 bits per heavy atom. The molecule has 0 unspecified atom stereocenters. The summed E-state index contributed by atoms with van der Waals surface area (Å²) < 4.78 is 0.926. The lowest BCUT2D eigenvalue weighted by Crippen LogP contribution is -2.30. The Bertz CT molecular complexity index is 635. The third-order valence-corrected chi connectivity index (χ3v) is 3.71. The lowest BCUT2D eigenvalue weighted by molar-refractivity contribution is 0.0750. The highest BCUT2D eigenvalue weighted by atomic mass is 79.9. The molecule has 0 saturated heterocycles. The van der Waals surface area contributed by atoms with E-state index in [1.165, 1.54) is 0 Å². The molecule has 21 heavy (non-hydrogen) atoms. The third-order valence-electron chi connectivity index (χ3n) is 3.26. The van der Waals surface area contributed by atoms with Gasteiger partial charge in [-0.25, -0.2) is 0 Å². The normalized spacial score (nSPS) is 10.5. The molecule has 0 aliphatic rings. The summed E-state index contributed by atoms with van der Waals surface area (Å²) in [6.45, 7) is 7.11. The molecule has 0 fully saturated rings. The fraction of sp³-hybridized carbons (Fsp3) is 0.294. The van der Waals surface area contributed by atoms with Crippen molar-refractivity contribution in [2.75, 3.05) is 6.54 Å². The molecule has 110 valence electrons. The Kier molecular flexibility index (Phi) is 5.12. The van der Waals surface area contributed by atoms with Gasteiger partial charge in [0.25, 0.3) is 5.91 Å². The van der Waals surface area contributed by atoms with Gasteiger partial charge in [-0.3, -0.25) is 9.78 Å². The number of aryl methyl sites for hydroxylation is 2. The molecule has 1 aromatic heterocycles. The van der Waals surface area contributed by atoms with Crippen LogP contribution in [0.4, 0.5) is 0 Å². The first-order valence-electron chi connectivity index (χ1n) is 6.98. The van der Waals surface area contributed by atoms with Gasteiger partial charge in [0.15, 0.2) is 0 Å². The average molecular weight is 347 g/mol. The van der Waals surface area contributed by atoms with E-state index < -0.39 is 0 Å². The molecule has 0 radical (unpaired) electrons. The molecule has 0 N–H and O–H groups in total. The number of benzene rings is 1. The van der Waals surface area contributed by atoms with Crippen molar-refractivity contribution >= 4 is 21.8 Å². The zero-order valence-electron chi connectivity index (χ0n) is 12.6. The van der Waals surface area contributed by atoms with Crippen LogP contribution in [-0.2, 0) is 6.54 Å².